The number of halogens is 1. The predicted octanol–water partition coefficient (Wildman–Crippen LogP) is 2.84. The summed E-state index contributed by atoms with van der Waals surface area (Å²) >= 11 is 0. The summed E-state index contributed by atoms with van der Waals surface area (Å²) in [4.78, 5) is 14.7. The van der Waals surface area contributed by atoms with E-state index < -0.39 is 11.6 Å². The van der Waals surface area contributed by atoms with E-state index in [4.69, 9.17) is 4.42 Å². The summed E-state index contributed by atoms with van der Waals surface area (Å²) in [6.07, 6.45) is 1.36. The van der Waals surface area contributed by atoms with Crippen molar-refractivity contribution in [2.75, 3.05) is 0 Å². The predicted molar refractivity (Wildman–Crippen MR) is 62.1 cm³/mol. The van der Waals surface area contributed by atoms with Crippen LogP contribution in [-0.4, -0.2) is 15.9 Å². The van der Waals surface area contributed by atoms with Gasteiger partial charge in [0.1, 0.15) is 5.82 Å². The summed E-state index contributed by atoms with van der Waals surface area (Å²) in [6.45, 7) is 0. The van der Waals surface area contributed by atoms with Crippen molar-refractivity contribution in [2.45, 2.75) is 0 Å². The van der Waals surface area contributed by atoms with Gasteiger partial charge in [0, 0.05) is 10.9 Å². The number of H-pyrrole nitrogens is 1. The van der Waals surface area contributed by atoms with Gasteiger partial charge >= 0.3 is 0 Å². The van der Waals surface area contributed by atoms with Crippen molar-refractivity contribution in [3.63, 3.8) is 0 Å². The highest BCUT2D eigenvalue weighted by Crippen LogP contribution is 2.29. The SMILES string of the molecule is O=C(c1ccco1)c1c(O)[nH]c2ccc(F)cc12. The number of carbonyl (C=O) groups excluding carboxylic acids is 1. The second-order valence-corrected chi connectivity index (χ2v) is 3.84. The van der Waals surface area contributed by atoms with Gasteiger partial charge < -0.3 is 14.5 Å². The number of benzene rings is 1. The molecule has 0 unspecified atom stereocenters. The number of ketones is 1. The van der Waals surface area contributed by atoms with Crippen LogP contribution in [0, 0.1) is 5.82 Å². The van der Waals surface area contributed by atoms with Crippen LogP contribution in [0.15, 0.2) is 41.0 Å². The minimum absolute atomic E-state index is 0.0134. The zero-order chi connectivity index (χ0) is 12.7. The average molecular weight is 245 g/mol. The number of aromatic amines is 1. The van der Waals surface area contributed by atoms with Gasteiger partial charge in [-0.25, -0.2) is 4.39 Å². The van der Waals surface area contributed by atoms with Gasteiger partial charge in [0.25, 0.3) is 0 Å². The maximum absolute atomic E-state index is 13.2. The Labute approximate surface area is 101 Å². The van der Waals surface area contributed by atoms with E-state index in [-0.39, 0.29) is 17.2 Å². The third-order valence-corrected chi connectivity index (χ3v) is 2.71. The molecule has 0 fully saturated rings. The topological polar surface area (TPSA) is 66.2 Å². The summed E-state index contributed by atoms with van der Waals surface area (Å²) < 4.78 is 18.2. The number of aromatic hydroxyl groups is 1. The number of fused-ring (bicyclic) bond motifs is 1. The van der Waals surface area contributed by atoms with Crippen LogP contribution in [0.2, 0.25) is 0 Å². The molecule has 3 aromatic rings. The Morgan fingerprint density at radius 1 is 1.33 bits per heavy atom. The van der Waals surface area contributed by atoms with E-state index in [1.807, 2.05) is 0 Å². The molecule has 4 nitrogen and oxygen atoms in total. The first-order valence-electron chi connectivity index (χ1n) is 5.25. The third-order valence-electron chi connectivity index (χ3n) is 2.71. The van der Waals surface area contributed by atoms with E-state index in [9.17, 15) is 14.3 Å². The van der Waals surface area contributed by atoms with Crippen LogP contribution in [0.1, 0.15) is 16.1 Å². The molecule has 0 aliphatic heterocycles. The van der Waals surface area contributed by atoms with Crippen molar-refractivity contribution in [2.24, 2.45) is 0 Å². The molecule has 0 radical (unpaired) electrons. The highest BCUT2D eigenvalue weighted by atomic mass is 19.1. The standard InChI is InChI=1S/C13H8FNO3/c14-7-3-4-9-8(6-7)11(13(17)15-9)12(16)10-2-1-5-18-10/h1-6,15,17H. The molecular weight excluding hydrogens is 237 g/mol. The molecule has 0 aliphatic carbocycles. The monoisotopic (exact) mass is 245 g/mol. The van der Waals surface area contributed by atoms with Crippen molar-refractivity contribution in [1.29, 1.82) is 0 Å². The Morgan fingerprint density at radius 3 is 2.89 bits per heavy atom. The van der Waals surface area contributed by atoms with Crippen molar-refractivity contribution < 1.29 is 18.7 Å². The van der Waals surface area contributed by atoms with Crippen molar-refractivity contribution in [1.82, 2.24) is 4.98 Å². The van der Waals surface area contributed by atoms with Crippen LogP contribution < -0.4 is 0 Å². The molecule has 0 aliphatic rings. The van der Waals surface area contributed by atoms with Gasteiger partial charge in [-0.15, -0.1) is 0 Å². The second kappa shape index (κ2) is 3.73. The Morgan fingerprint density at radius 2 is 2.17 bits per heavy atom. The van der Waals surface area contributed by atoms with Gasteiger partial charge in [-0.05, 0) is 30.3 Å². The Hall–Kier alpha value is -2.56. The normalized spacial score (nSPS) is 10.9. The zero-order valence-corrected chi connectivity index (χ0v) is 9.11. The largest absolute Gasteiger partial charge is 0.494 e. The summed E-state index contributed by atoms with van der Waals surface area (Å²) in [5.74, 6) is -1.17. The molecule has 18 heavy (non-hydrogen) atoms. The van der Waals surface area contributed by atoms with Crippen LogP contribution in [0.25, 0.3) is 10.9 Å². The number of rotatable bonds is 2. The highest BCUT2D eigenvalue weighted by molar-refractivity contribution is 6.17. The molecule has 0 amide bonds. The first kappa shape index (κ1) is 10.6. The first-order chi connectivity index (χ1) is 8.66. The van der Waals surface area contributed by atoms with Crippen LogP contribution in [0.3, 0.4) is 0 Å². The molecule has 2 heterocycles. The quantitative estimate of drug-likeness (QED) is 0.682. The maximum Gasteiger partial charge on any atom is 0.234 e. The van der Waals surface area contributed by atoms with Gasteiger partial charge in [0.05, 0.1) is 11.8 Å². The molecule has 90 valence electrons. The van der Waals surface area contributed by atoms with E-state index in [1.165, 1.54) is 30.5 Å². The molecule has 2 N–H and O–H groups in total. The fourth-order valence-electron chi connectivity index (χ4n) is 1.91. The lowest BCUT2D eigenvalue weighted by molar-refractivity contribution is 0.101. The average Bonchev–Trinajstić information content (AvgIpc) is 2.94. The van der Waals surface area contributed by atoms with Crippen molar-refractivity contribution >= 4 is 16.7 Å². The number of hydrogen-bond acceptors (Lipinski definition) is 3. The molecule has 0 saturated heterocycles. The minimum atomic E-state index is -0.491. The Bertz CT molecular complexity index is 728. The van der Waals surface area contributed by atoms with E-state index in [1.54, 1.807) is 6.07 Å². The van der Waals surface area contributed by atoms with Crippen LogP contribution in [-0.2, 0) is 0 Å². The molecule has 0 saturated carbocycles. The number of carbonyl (C=O) groups is 1. The van der Waals surface area contributed by atoms with Gasteiger partial charge in [-0.1, -0.05) is 0 Å². The van der Waals surface area contributed by atoms with Crippen molar-refractivity contribution in [3.8, 4) is 5.88 Å². The summed E-state index contributed by atoms with van der Waals surface area (Å²) in [5, 5.41) is 10.1. The summed E-state index contributed by atoms with van der Waals surface area (Å²) in [5.41, 5.74) is 0.503. The van der Waals surface area contributed by atoms with Crippen molar-refractivity contribution in [3.05, 3.63) is 53.7 Å². The molecule has 0 atom stereocenters. The number of furan rings is 1. The number of hydrogen-bond donors (Lipinski definition) is 2. The van der Waals surface area contributed by atoms with E-state index >= 15 is 0 Å². The summed E-state index contributed by atoms with van der Waals surface area (Å²) in [7, 11) is 0. The molecule has 5 heteroatoms. The highest BCUT2D eigenvalue weighted by Gasteiger charge is 2.21. The lowest BCUT2D eigenvalue weighted by atomic mass is 10.1. The molecule has 3 rings (SSSR count). The molecule has 2 aromatic heterocycles. The van der Waals surface area contributed by atoms with E-state index in [0.717, 1.165) is 0 Å². The maximum atomic E-state index is 13.2. The lowest BCUT2D eigenvalue weighted by Gasteiger charge is -1.96. The minimum Gasteiger partial charge on any atom is -0.494 e. The van der Waals surface area contributed by atoms with Crippen LogP contribution >= 0.6 is 0 Å². The Balaban J connectivity index is 2.25. The number of aromatic nitrogens is 1. The molecule has 0 spiro atoms. The molecule has 0 bridgehead atoms. The van der Waals surface area contributed by atoms with Crippen LogP contribution in [0.4, 0.5) is 4.39 Å². The van der Waals surface area contributed by atoms with E-state index in [2.05, 4.69) is 4.98 Å². The number of nitrogens with one attached hydrogen (secondary N) is 1. The van der Waals surface area contributed by atoms with Gasteiger partial charge in [-0.2, -0.15) is 0 Å². The summed E-state index contributed by atoms with van der Waals surface area (Å²) in [6, 6.07) is 6.96. The molecular formula is C13H8FNO3. The van der Waals surface area contributed by atoms with E-state index in [0.29, 0.717) is 10.9 Å². The zero-order valence-electron chi connectivity index (χ0n) is 9.11. The third kappa shape index (κ3) is 1.48. The Kier molecular flexibility index (Phi) is 2.19. The van der Waals surface area contributed by atoms with Gasteiger partial charge in [-0.3, -0.25) is 4.79 Å². The fraction of sp³-hybridized carbons (Fsp3) is 0. The first-order valence-corrected chi connectivity index (χ1v) is 5.25. The van der Waals surface area contributed by atoms with Crippen LogP contribution in [0.5, 0.6) is 5.88 Å². The lowest BCUT2D eigenvalue weighted by Crippen LogP contribution is -1.98. The molecule has 1 aromatic carbocycles. The van der Waals surface area contributed by atoms with Gasteiger partial charge in [0.2, 0.25) is 11.7 Å². The fourth-order valence-corrected chi connectivity index (χ4v) is 1.91. The smallest absolute Gasteiger partial charge is 0.234 e. The second-order valence-electron chi connectivity index (χ2n) is 3.84. The van der Waals surface area contributed by atoms with Gasteiger partial charge in [0.15, 0.2) is 5.76 Å².